The molecule has 0 fully saturated rings. The van der Waals surface area contributed by atoms with Crippen LogP contribution >= 0.6 is 0 Å². The molecule has 0 spiro atoms. The van der Waals surface area contributed by atoms with Gasteiger partial charge in [0.2, 0.25) is 0 Å². The van der Waals surface area contributed by atoms with Crippen LogP contribution < -0.4 is 0 Å². The minimum Gasteiger partial charge on any atom is -0.360 e. The summed E-state index contributed by atoms with van der Waals surface area (Å²) in [6.45, 7) is 7.64. The largest absolute Gasteiger partial charge is 0.360 e. The number of carbonyl (C=O) groups is 1. The summed E-state index contributed by atoms with van der Waals surface area (Å²) in [5.74, 6) is 1.11. The lowest BCUT2D eigenvalue weighted by molar-refractivity contribution is -0.113. The molecule has 3 nitrogen and oxygen atoms in total. The van der Waals surface area contributed by atoms with Crippen molar-refractivity contribution in [2.75, 3.05) is 13.1 Å². The van der Waals surface area contributed by atoms with Crippen molar-refractivity contribution in [1.82, 2.24) is 4.90 Å². The highest BCUT2D eigenvalue weighted by Crippen LogP contribution is 2.11. The van der Waals surface area contributed by atoms with Gasteiger partial charge in [0, 0.05) is 31.3 Å². The lowest BCUT2D eigenvalue weighted by atomic mass is 10.1. The number of allylic oxidation sites excluding steroid dienone is 2. The van der Waals surface area contributed by atoms with Gasteiger partial charge >= 0.3 is 0 Å². The average molecular weight is 206 g/mol. The second-order valence-electron chi connectivity index (χ2n) is 3.48. The summed E-state index contributed by atoms with van der Waals surface area (Å²) in [4.78, 5) is 17.8. The minimum absolute atomic E-state index is 0.126. The van der Waals surface area contributed by atoms with Crippen molar-refractivity contribution in [2.45, 2.75) is 27.2 Å². The summed E-state index contributed by atoms with van der Waals surface area (Å²) >= 11 is 0. The molecule has 1 aliphatic rings. The second-order valence-corrected chi connectivity index (χ2v) is 3.48. The Balaban J connectivity index is 2.85. The van der Waals surface area contributed by atoms with E-state index < -0.39 is 0 Å². The Bertz CT molecular complexity index is 323. The van der Waals surface area contributed by atoms with E-state index in [4.69, 9.17) is 0 Å². The average Bonchev–Trinajstić information content (AvgIpc) is 2.45. The molecule has 0 bridgehead atoms. The molecule has 0 amide bonds. The van der Waals surface area contributed by atoms with E-state index in [0.29, 0.717) is 6.42 Å². The number of Topliss-reactive ketones (excluding diaryl/α,β-unsaturated/α-hetero) is 1. The summed E-state index contributed by atoms with van der Waals surface area (Å²) in [5.41, 5.74) is 0.828. The fourth-order valence-corrected chi connectivity index (χ4v) is 1.59. The van der Waals surface area contributed by atoms with Crippen LogP contribution in [0.1, 0.15) is 27.2 Å². The van der Waals surface area contributed by atoms with E-state index in [1.165, 1.54) is 0 Å². The van der Waals surface area contributed by atoms with Gasteiger partial charge in [-0.2, -0.15) is 0 Å². The van der Waals surface area contributed by atoms with Crippen molar-refractivity contribution in [3.05, 3.63) is 23.9 Å². The lowest BCUT2D eigenvalue weighted by Crippen LogP contribution is -2.31. The first-order valence-corrected chi connectivity index (χ1v) is 5.37. The molecule has 1 aliphatic heterocycles. The second kappa shape index (κ2) is 5.49. The number of aliphatic imine (C=N–C) groups is 1. The Morgan fingerprint density at radius 3 is 2.67 bits per heavy atom. The first-order chi connectivity index (χ1) is 7.19. The molecule has 82 valence electrons. The summed E-state index contributed by atoms with van der Waals surface area (Å²) in [6, 6.07) is 0. The van der Waals surface area contributed by atoms with E-state index in [-0.39, 0.29) is 5.78 Å². The zero-order valence-electron chi connectivity index (χ0n) is 9.66. The van der Waals surface area contributed by atoms with Gasteiger partial charge in [0.05, 0.1) is 0 Å². The Kier molecular flexibility index (Phi) is 4.28. The minimum atomic E-state index is 0.126. The van der Waals surface area contributed by atoms with E-state index in [0.717, 1.165) is 24.5 Å². The molecule has 0 atom stereocenters. The summed E-state index contributed by atoms with van der Waals surface area (Å²) < 4.78 is 0. The van der Waals surface area contributed by atoms with E-state index in [2.05, 4.69) is 23.7 Å². The number of rotatable bonds is 3. The van der Waals surface area contributed by atoms with Crippen LogP contribution in [-0.4, -0.2) is 29.6 Å². The summed E-state index contributed by atoms with van der Waals surface area (Å²) in [6.07, 6.45) is 6.07. The normalized spacial score (nSPS) is 15.4. The lowest BCUT2D eigenvalue weighted by Gasteiger charge is -2.22. The number of hydrogen-bond donors (Lipinski definition) is 0. The van der Waals surface area contributed by atoms with Gasteiger partial charge in [0.25, 0.3) is 0 Å². The van der Waals surface area contributed by atoms with Gasteiger partial charge in [-0.25, -0.2) is 4.99 Å². The highest BCUT2D eigenvalue weighted by molar-refractivity contribution is 6.00. The van der Waals surface area contributed by atoms with Crippen LogP contribution in [0.2, 0.25) is 0 Å². The van der Waals surface area contributed by atoms with Crippen molar-refractivity contribution in [1.29, 1.82) is 0 Å². The predicted molar refractivity (Wildman–Crippen MR) is 62.9 cm³/mol. The van der Waals surface area contributed by atoms with Crippen molar-refractivity contribution in [3.8, 4) is 0 Å². The summed E-state index contributed by atoms with van der Waals surface area (Å²) in [5, 5.41) is 0. The molecule has 0 N–H and O–H groups in total. The molecule has 0 saturated heterocycles. The molecule has 3 heteroatoms. The molecule has 0 aromatic rings. The van der Waals surface area contributed by atoms with Gasteiger partial charge in [-0.15, -0.1) is 0 Å². The molecule has 1 rings (SSSR count). The third-order valence-electron chi connectivity index (χ3n) is 2.54. The van der Waals surface area contributed by atoms with E-state index in [9.17, 15) is 4.79 Å². The van der Waals surface area contributed by atoms with Crippen LogP contribution in [0.5, 0.6) is 0 Å². The highest BCUT2D eigenvalue weighted by Gasteiger charge is 2.13. The van der Waals surface area contributed by atoms with E-state index >= 15 is 0 Å². The number of nitrogens with zero attached hydrogens (tertiary/aromatic N) is 2. The molecule has 0 radical (unpaired) electrons. The molecular weight excluding hydrogens is 188 g/mol. The van der Waals surface area contributed by atoms with Crippen molar-refractivity contribution in [3.63, 3.8) is 0 Å². The van der Waals surface area contributed by atoms with Crippen molar-refractivity contribution in [2.24, 2.45) is 4.99 Å². The van der Waals surface area contributed by atoms with Crippen molar-refractivity contribution >= 4 is 11.6 Å². The summed E-state index contributed by atoms with van der Waals surface area (Å²) in [7, 11) is 0. The third kappa shape index (κ3) is 3.05. The van der Waals surface area contributed by atoms with Crippen LogP contribution in [0.25, 0.3) is 0 Å². The van der Waals surface area contributed by atoms with Crippen LogP contribution in [0.3, 0.4) is 0 Å². The Labute approximate surface area is 91.2 Å². The quantitative estimate of drug-likeness (QED) is 0.709. The number of carbonyl (C=O) groups excluding carboxylic acids is 1. The molecule has 0 aromatic heterocycles. The number of hydrogen-bond acceptors (Lipinski definition) is 3. The number of amidine groups is 1. The van der Waals surface area contributed by atoms with Gasteiger partial charge in [0.15, 0.2) is 5.78 Å². The zero-order valence-corrected chi connectivity index (χ0v) is 9.66. The third-order valence-corrected chi connectivity index (χ3v) is 2.54. The molecule has 15 heavy (non-hydrogen) atoms. The SMILES string of the molecule is CCN(CC)C1=NC=CC=C(C(C)=O)C1. The first kappa shape index (κ1) is 11.7. The van der Waals surface area contributed by atoms with Crippen LogP contribution in [0.4, 0.5) is 0 Å². The predicted octanol–water partition coefficient (Wildman–Crippen LogP) is 2.16. The smallest absolute Gasteiger partial charge is 0.156 e. The number of ketones is 1. The van der Waals surface area contributed by atoms with Gasteiger partial charge in [-0.05, 0) is 26.8 Å². The van der Waals surface area contributed by atoms with Crippen LogP contribution in [0.15, 0.2) is 28.9 Å². The molecule has 0 aliphatic carbocycles. The maximum Gasteiger partial charge on any atom is 0.156 e. The molecular formula is C12H18N2O. The topological polar surface area (TPSA) is 32.7 Å². The molecule has 1 heterocycles. The van der Waals surface area contributed by atoms with Crippen molar-refractivity contribution < 1.29 is 4.79 Å². The van der Waals surface area contributed by atoms with Gasteiger partial charge in [-0.3, -0.25) is 4.79 Å². The van der Waals surface area contributed by atoms with Gasteiger partial charge in [0.1, 0.15) is 5.84 Å². The van der Waals surface area contributed by atoms with Crippen LogP contribution in [-0.2, 0) is 4.79 Å². The Hall–Kier alpha value is -1.38. The monoisotopic (exact) mass is 206 g/mol. The van der Waals surface area contributed by atoms with Crippen LogP contribution in [0, 0.1) is 0 Å². The fraction of sp³-hybridized carbons (Fsp3) is 0.500. The van der Waals surface area contributed by atoms with E-state index in [1.54, 1.807) is 13.1 Å². The Morgan fingerprint density at radius 1 is 1.47 bits per heavy atom. The fourth-order valence-electron chi connectivity index (χ4n) is 1.59. The molecule has 0 aromatic carbocycles. The maximum atomic E-state index is 11.3. The molecule has 0 saturated carbocycles. The van der Waals surface area contributed by atoms with Gasteiger partial charge in [-0.1, -0.05) is 6.08 Å². The zero-order chi connectivity index (χ0) is 11.3. The van der Waals surface area contributed by atoms with Gasteiger partial charge < -0.3 is 4.90 Å². The Morgan fingerprint density at radius 2 is 2.13 bits per heavy atom. The van der Waals surface area contributed by atoms with E-state index in [1.807, 2.05) is 12.2 Å². The molecule has 0 unspecified atom stereocenters. The maximum absolute atomic E-state index is 11.3. The highest BCUT2D eigenvalue weighted by atomic mass is 16.1. The first-order valence-electron chi connectivity index (χ1n) is 5.37. The standard InChI is InChI=1S/C12H18N2O/c1-4-14(5-2)12-9-11(10(3)15)7-6-8-13-12/h6-8H,4-5,9H2,1-3H3.